The van der Waals surface area contributed by atoms with Crippen molar-refractivity contribution in [3.63, 3.8) is 0 Å². The Kier molecular flexibility index (Phi) is 4.19. The molecule has 5 nitrogen and oxygen atoms in total. The molecule has 0 aliphatic carbocycles. The molecule has 3 heterocycles. The molecule has 0 saturated carbocycles. The van der Waals surface area contributed by atoms with E-state index in [1.165, 1.54) is 0 Å². The Bertz CT molecular complexity index is 428. The highest BCUT2D eigenvalue weighted by atomic mass is 16.6. The summed E-state index contributed by atoms with van der Waals surface area (Å²) in [6, 6.07) is 3.83. The van der Waals surface area contributed by atoms with Crippen LogP contribution in [-0.4, -0.2) is 61.5 Å². The van der Waals surface area contributed by atoms with Gasteiger partial charge in [0.1, 0.15) is 11.9 Å². The third kappa shape index (κ3) is 3.11. The van der Waals surface area contributed by atoms with Gasteiger partial charge in [-0.1, -0.05) is 0 Å². The monoisotopic (exact) mass is 278 g/mol. The number of likely N-dealkylation sites (tertiary alicyclic amines) is 1. The molecule has 0 unspecified atom stereocenters. The summed E-state index contributed by atoms with van der Waals surface area (Å²) in [5, 5.41) is 0. The van der Waals surface area contributed by atoms with Gasteiger partial charge in [0.05, 0.1) is 25.0 Å². The molecule has 2 atom stereocenters. The van der Waals surface area contributed by atoms with Gasteiger partial charge in [-0.05, 0) is 18.6 Å². The van der Waals surface area contributed by atoms with Crippen molar-refractivity contribution in [2.24, 2.45) is 0 Å². The van der Waals surface area contributed by atoms with Crippen molar-refractivity contribution in [3.8, 4) is 5.75 Å². The lowest BCUT2D eigenvalue weighted by atomic mass is 9.98. The molecule has 3 rings (SSSR count). The Balaban J connectivity index is 1.52. The van der Waals surface area contributed by atoms with Crippen LogP contribution in [0.4, 0.5) is 0 Å². The van der Waals surface area contributed by atoms with Crippen LogP contribution in [0.5, 0.6) is 5.75 Å². The minimum atomic E-state index is -0.0133. The van der Waals surface area contributed by atoms with Crippen molar-refractivity contribution in [2.75, 3.05) is 40.0 Å². The fourth-order valence-electron chi connectivity index (χ4n) is 3.11. The van der Waals surface area contributed by atoms with E-state index in [1.54, 1.807) is 19.5 Å². The predicted molar refractivity (Wildman–Crippen MR) is 74.9 cm³/mol. The summed E-state index contributed by atoms with van der Waals surface area (Å²) in [6.07, 6.45) is 5.70. The maximum atomic E-state index is 6.07. The van der Waals surface area contributed by atoms with E-state index in [1.807, 2.05) is 12.1 Å². The second-order valence-electron chi connectivity index (χ2n) is 5.65. The van der Waals surface area contributed by atoms with E-state index >= 15 is 0 Å². The minimum Gasteiger partial charge on any atom is -0.486 e. The highest BCUT2D eigenvalue weighted by Gasteiger charge is 2.46. The Morgan fingerprint density at radius 1 is 1.55 bits per heavy atom. The SMILES string of the molecule is COCCN1CC[C@@]2(C[C@@H](Oc3cccnc3)CO2)C1. The van der Waals surface area contributed by atoms with E-state index < -0.39 is 0 Å². The lowest BCUT2D eigenvalue weighted by molar-refractivity contribution is 0.00836. The first kappa shape index (κ1) is 13.8. The zero-order valence-electron chi connectivity index (χ0n) is 12.0. The Morgan fingerprint density at radius 2 is 2.50 bits per heavy atom. The number of pyridine rings is 1. The summed E-state index contributed by atoms with van der Waals surface area (Å²) in [5.41, 5.74) is -0.0133. The highest BCUT2D eigenvalue weighted by Crippen LogP contribution is 2.36. The van der Waals surface area contributed by atoms with Crippen LogP contribution in [0.1, 0.15) is 12.8 Å². The van der Waals surface area contributed by atoms with E-state index in [0.717, 1.165) is 44.8 Å². The molecule has 0 amide bonds. The first-order chi connectivity index (χ1) is 9.80. The van der Waals surface area contributed by atoms with Crippen molar-refractivity contribution in [3.05, 3.63) is 24.5 Å². The molecule has 20 heavy (non-hydrogen) atoms. The summed E-state index contributed by atoms with van der Waals surface area (Å²) in [4.78, 5) is 6.49. The van der Waals surface area contributed by atoms with Crippen LogP contribution >= 0.6 is 0 Å². The molecule has 0 radical (unpaired) electrons. The molecule has 1 spiro atoms. The van der Waals surface area contributed by atoms with E-state index in [9.17, 15) is 0 Å². The van der Waals surface area contributed by atoms with E-state index in [0.29, 0.717) is 6.61 Å². The predicted octanol–water partition coefficient (Wildman–Crippen LogP) is 1.34. The standard InChI is InChI=1S/C15H22N2O3/c1-18-8-7-17-6-4-15(12-17)9-14(11-19-15)20-13-3-2-5-16-10-13/h2-3,5,10,14H,4,6-9,11-12H2,1H3/t14-,15-/m1/s1. The van der Waals surface area contributed by atoms with Crippen LogP contribution in [-0.2, 0) is 9.47 Å². The normalized spacial score (nSPS) is 30.1. The number of ether oxygens (including phenoxy) is 3. The average molecular weight is 278 g/mol. The lowest BCUT2D eigenvalue weighted by Gasteiger charge is -2.23. The molecule has 0 N–H and O–H groups in total. The molecule has 2 fully saturated rings. The molecule has 2 aliphatic rings. The summed E-state index contributed by atoms with van der Waals surface area (Å²) >= 11 is 0. The van der Waals surface area contributed by atoms with Gasteiger partial charge in [0.15, 0.2) is 0 Å². The topological polar surface area (TPSA) is 43.8 Å². The molecule has 1 aromatic heterocycles. The van der Waals surface area contributed by atoms with E-state index in [2.05, 4.69) is 9.88 Å². The van der Waals surface area contributed by atoms with Crippen LogP contribution in [0.15, 0.2) is 24.5 Å². The van der Waals surface area contributed by atoms with Crippen LogP contribution in [0.25, 0.3) is 0 Å². The molecular formula is C15H22N2O3. The molecule has 2 saturated heterocycles. The zero-order valence-corrected chi connectivity index (χ0v) is 12.0. The Hall–Kier alpha value is -1.17. The number of hydrogen-bond donors (Lipinski definition) is 0. The largest absolute Gasteiger partial charge is 0.486 e. The van der Waals surface area contributed by atoms with Crippen LogP contribution in [0.3, 0.4) is 0 Å². The maximum Gasteiger partial charge on any atom is 0.138 e. The summed E-state index contributed by atoms with van der Waals surface area (Å²) in [7, 11) is 1.75. The molecule has 5 heteroatoms. The van der Waals surface area contributed by atoms with Crippen molar-refractivity contribution in [1.29, 1.82) is 0 Å². The van der Waals surface area contributed by atoms with Gasteiger partial charge in [-0.2, -0.15) is 0 Å². The van der Waals surface area contributed by atoms with Gasteiger partial charge < -0.3 is 14.2 Å². The minimum absolute atomic E-state index is 0.0133. The van der Waals surface area contributed by atoms with Crippen molar-refractivity contribution >= 4 is 0 Å². The lowest BCUT2D eigenvalue weighted by Crippen LogP contribution is -2.34. The third-order valence-corrected chi connectivity index (χ3v) is 4.12. The van der Waals surface area contributed by atoms with Crippen molar-refractivity contribution < 1.29 is 14.2 Å². The van der Waals surface area contributed by atoms with Gasteiger partial charge in [0.2, 0.25) is 0 Å². The second-order valence-corrected chi connectivity index (χ2v) is 5.65. The van der Waals surface area contributed by atoms with Crippen LogP contribution < -0.4 is 4.74 Å². The number of nitrogens with zero attached hydrogens (tertiary/aromatic N) is 2. The number of methoxy groups -OCH3 is 1. The zero-order chi connectivity index (χ0) is 13.8. The number of rotatable bonds is 5. The number of hydrogen-bond acceptors (Lipinski definition) is 5. The van der Waals surface area contributed by atoms with Gasteiger partial charge in [-0.3, -0.25) is 9.88 Å². The molecule has 0 aromatic carbocycles. The maximum absolute atomic E-state index is 6.07. The van der Waals surface area contributed by atoms with Crippen LogP contribution in [0.2, 0.25) is 0 Å². The van der Waals surface area contributed by atoms with Gasteiger partial charge in [-0.15, -0.1) is 0 Å². The fourth-order valence-corrected chi connectivity index (χ4v) is 3.11. The second kappa shape index (κ2) is 6.08. The van der Waals surface area contributed by atoms with Gasteiger partial charge in [0.25, 0.3) is 0 Å². The fraction of sp³-hybridized carbons (Fsp3) is 0.667. The summed E-state index contributed by atoms with van der Waals surface area (Å²) < 4.78 is 17.2. The van der Waals surface area contributed by atoms with Crippen molar-refractivity contribution in [2.45, 2.75) is 24.5 Å². The number of aromatic nitrogens is 1. The Labute approximate surface area is 119 Å². The van der Waals surface area contributed by atoms with Gasteiger partial charge >= 0.3 is 0 Å². The molecule has 110 valence electrons. The average Bonchev–Trinajstić information content (AvgIpc) is 3.05. The van der Waals surface area contributed by atoms with Gasteiger partial charge in [-0.25, -0.2) is 0 Å². The molecule has 2 aliphatic heterocycles. The third-order valence-electron chi connectivity index (χ3n) is 4.12. The van der Waals surface area contributed by atoms with Crippen molar-refractivity contribution in [1.82, 2.24) is 9.88 Å². The summed E-state index contributed by atoms with van der Waals surface area (Å²) in [6.45, 7) is 4.51. The summed E-state index contributed by atoms with van der Waals surface area (Å²) in [5.74, 6) is 0.826. The van der Waals surface area contributed by atoms with Gasteiger partial charge in [0, 0.05) is 39.4 Å². The van der Waals surface area contributed by atoms with Crippen LogP contribution in [0, 0.1) is 0 Å². The quantitative estimate of drug-likeness (QED) is 0.813. The first-order valence-corrected chi connectivity index (χ1v) is 7.22. The molecule has 1 aromatic rings. The van der Waals surface area contributed by atoms with E-state index in [-0.39, 0.29) is 11.7 Å². The van der Waals surface area contributed by atoms with E-state index in [4.69, 9.17) is 14.2 Å². The molecule has 0 bridgehead atoms. The Morgan fingerprint density at radius 3 is 3.30 bits per heavy atom. The highest BCUT2D eigenvalue weighted by molar-refractivity contribution is 5.16. The smallest absolute Gasteiger partial charge is 0.138 e. The first-order valence-electron chi connectivity index (χ1n) is 7.22. The molecular weight excluding hydrogens is 256 g/mol.